The van der Waals surface area contributed by atoms with Gasteiger partial charge in [0.05, 0.1) is 12.9 Å². The van der Waals surface area contributed by atoms with E-state index in [9.17, 15) is 4.79 Å². The maximum atomic E-state index is 12.1. The molecule has 8 nitrogen and oxygen atoms in total. The van der Waals surface area contributed by atoms with Gasteiger partial charge in [-0.15, -0.1) is 10.2 Å². The molecule has 0 unspecified atom stereocenters. The third kappa shape index (κ3) is 4.83. The number of carbonyl (C=O) groups is 1. The number of amides is 1. The second-order valence-electron chi connectivity index (χ2n) is 6.88. The summed E-state index contributed by atoms with van der Waals surface area (Å²) in [6.45, 7) is 2.59. The van der Waals surface area contributed by atoms with Crippen molar-refractivity contribution in [1.29, 1.82) is 0 Å². The number of hydrogen-bond acceptors (Lipinski definition) is 7. The quantitative estimate of drug-likeness (QED) is 0.379. The van der Waals surface area contributed by atoms with Gasteiger partial charge in [-0.05, 0) is 30.7 Å². The molecule has 0 saturated carbocycles. The molecule has 0 aliphatic rings. The number of benzene rings is 2. The van der Waals surface area contributed by atoms with Crippen molar-refractivity contribution in [3.8, 4) is 22.8 Å². The van der Waals surface area contributed by atoms with E-state index >= 15 is 0 Å². The average molecular weight is 450 g/mol. The van der Waals surface area contributed by atoms with E-state index in [2.05, 4.69) is 20.5 Å². The van der Waals surface area contributed by atoms with E-state index in [4.69, 9.17) is 9.15 Å². The zero-order valence-corrected chi connectivity index (χ0v) is 18.6. The van der Waals surface area contributed by atoms with E-state index in [-0.39, 0.29) is 11.6 Å². The largest absolute Gasteiger partial charge is 0.497 e. The lowest BCUT2D eigenvalue weighted by molar-refractivity contribution is 0.0948. The SMILES string of the molecule is CCCNC(=O)c1coc(CSc2nnc(-c3cccc(OC)c3)n2-c2ccccc2)n1. The normalized spacial score (nSPS) is 10.8. The van der Waals surface area contributed by atoms with Gasteiger partial charge in [0.1, 0.15) is 12.0 Å². The molecule has 4 rings (SSSR count). The highest BCUT2D eigenvalue weighted by atomic mass is 32.2. The van der Waals surface area contributed by atoms with Crippen molar-refractivity contribution in [2.45, 2.75) is 24.3 Å². The summed E-state index contributed by atoms with van der Waals surface area (Å²) in [4.78, 5) is 16.4. The van der Waals surface area contributed by atoms with Crippen molar-refractivity contribution < 1.29 is 13.9 Å². The Balaban J connectivity index is 1.60. The molecule has 1 amide bonds. The number of hydrogen-bond donors (Lipinski definition) is 1. The van der Waals surface area contributed by atoms with Crippen LogP contribution in [0, 0.1) is 0 Å². The first-order chi connectivity index (χ1) is 15.7. The van der Waals surface area contributed by atoms with Gasteiger partial charge in [0, 0.05) is 17.8 Å². The minimum atomic E-state index is -0.236. The minimum Gasteiger partial charge on any atom is -0.497 e. The van der Waals surface area contributed by atoms with Crippen LogP contribution >= 0.6 is 11.8 Å². The molecule has 0 saturated heterocycles. The predicted molar refractivity (Wildman–Crippen MR) is 122 cm³/mol. The van der Waals surface area contributed by atoms with E-state index < -0.39 is 0 Å². The van der Waals surface area contributed by atoms with E-state index in [1.54, 1.807) is 7.11 Å². The summed E-state index contributed by atoms with van der Waals surface area (Å²) in [7, 11) is 1.63. The summed E-state index contributed by atoms with van der Waals surface area (Å²) >= 11 is 1.43. The zero-order chi connectivity index (χ0) is 22.3. The second-order valence-corrected chi connectivity index (χ2v) is 7.82. The number of methoxy groups -OCH3 is 1. The van der Waals surface area contributed by atoms with Gasteiger partial charge in [-0.1, -0.05) is 49.0 Å². The van der Waals surface area contributed by atoms with Gasteiger partial charge < -0.3 is 14.5 Å². The van der Waals surface area contributed by atoms with Crippen LogP contribution in [0.1, 0.15) is 29.7 Å². The van der Waals surface area contributed by atoms with Crippen LogP contribution < -0.4 is 10.1 Å². The summed E-state index contributed by atoms with van der Waals surface area (Å²) < 4.78 is 12.8. The van der Waals surface area contributed by atoms with Gasteiger partial charge >= 0.3 is 0 Å². The zero-order valence-electron chi connectivity index (χ0n) is 17.8. The Labute approximate surface area is 190 Å². The first kappa shape index (κ1) is 21.6. The Kier molecular flexibility index (Phi) is 6.86. The molecule has 2 aromatic heterocycles. The molecule has 2 aromatic carbocycles. The lowest BCUT2D eigenvalue weighted by Gasteiger charge is -2.10. The first-order valence-electron chi connectivity index (χ1n) is 10.2. The van der Waals surface area contributed by atoms with Crippen molar-refractivity contribution in [3.05, 3.63) is 72.4 Å². The smallest absolute Gasteiger partial charge is 0.273 e. The molecule has 2 heterocycles. The van der Waals surface area contributed by atoms with Crippen LogP contribution in [0.4, 0.5) is 0 Å². The number of nitrogens with one attached hydrogen (secondary N) is 1. The highest BCUT2D eigenvalue weighted by Crippen LogP contribution is 2.31. The molecule has 0 fully saturated rings. The number of para-hydroxylation sites is 1. The van der Waals surface area contributed by atoms with Gasteiger partial charge in [-0.3, -0.25) is 9.36 Å². The molecule has 164 valence electrons. The molecule has 0 spiro atoms. The number of nitrogens with zero attached hydrogens (tertiary/aromatic N) is 4. The first-order valence-corrected chi connectivity index (χ1v) is 11.2. The molecular formula is C23H23N5O3S. The minimum absolute atomic E-state index is 0.236. The van der Waals surface area contributed by atoms with Crippen LogP contribution in [-0.4, -0.2) is 39.3 Å². The van der Waals surface area contributed by atoms with Crippen molar-refractivity contribution in [2.24, 2.45) is 0 Å². The predicted octanol–water partition coefficient (Wildman–Crippen LogP) is 4.36. The van der Waals surface area contributed by atoms with Gasteiger partial charge in [0.15, 0.2) is 16.7 Å². The number of ether oxygens (including phenoxy) is 1. The fourth-order valence-electron chi connectivity index (χ4n) is 3.06. The molecule has 0 bridgehead atoms. The Hall–Kier alpha value is -3.59. The standard InChI is InChI=1S/C23H23N5O3S/c1-3-12-24-22(29)19-14-31-20(25-19)15-32-23-27-26-21(16-8-7-11-18(13-16)30-2)28(23)17-9-5-4-6-10-17/h4-11,13-14H,3,12,15H2,1-2H3,(H,24,29). The molecule has 32 heavy (non-hydrogen) atoms. The Morgan fingerprint density at radius 1 is 1.16 bits per heavy atom. The highest BCUT2D eigenvalue weighted by molar-refractivity contribution is 7.98. The molecular weight excluding hydrogens is 426 g/mol. The van der Waals surface area contributed by atoms with Crippen LogP contribution in [0.25, 0.3) is 17.1 Å². The van der Waals surface area contributed by atoms with Gasteiger partial charge in [-0.25, -0.2) is 4.98 Å². The van der Waals surface area contributed by atoms with E-state index in [0.29, 0.717) is 29.2 Å². The number of aromatic nitrogens is 4. The van der Waals surface area contributed by atoms with Crippen molar-refractivity contribution in [1.82, 2.24) is 25.1 Å². The van der Waals surface area contributed by atoms with E-state index in [1.165, 1.54) is 18.0 Å². The average Bonchev–Trinajstić information content (AvgIpc) is 3.49. The Morgan fingerprint density at radius 2 is 2.00 bits per heavy atom. The summed E-state index contributed by atoms with van der Waals surface area (Å²) in [6.07, 6.45) is 2.24. The van der Waals surface area contributed by atoms with Crippen molar-refractivity contribution >= 4 is 17.7 Å². The summed E-state index contributed by atoms with van der Waals surface area (Å²) in [5, 5.41) is 12.3. The Bertz CT molecular complexity index is 1190. The van der Waals surface area contributed by atoms with Crippen LogP contribution in [0.3, 0.4) is 0 Å². The maximum Gasteiger partial charge on any atom is 0.273 e. The number of rotatable bonds is 9. The van der Waals surface area contributed by atoms with E-state index in [1.807, 2.05) is 66.1 Å². The van der Waals surface area contributed by atoms with Crippen molar-refractivity contribution in [3.63, 3.8) is 0 Å². The molecule has 0 aliphatic carbocycles. The summed E-state index contributed by atoms with van der Waals surface area (Å²) in [5.74, 6) is 2.06. The molecule has 0 radical (unpaired) electrons. The van der Waals surface area contributed by atoms with Crippen LogP contribution in [0.15, 0.2) is 70.4 Å². The molecule has 4 aromatic rings. The lowest BCUT2D eigenvalue weighted by Crippen LogP contribution is -2.24. The molecule has 0 atom stereocenters. The third-order valence-electron chi connectivity index (χ3n) is 4.62. The number of thioether (sulfide) groups is 1. The number of oxazole rings is 1. The summed E-state index contributed by atoms with van der Waals surface area (Å²) in [5.41, 5.74) is 2.10. The monoisotopic (exact) mass is 449 g/mol. The lowest BCUT2D eigenvalue weighted by atomic mass is 10.2. The fraction of sp³-hybridized carbons (Fsp3) is 0.217. The van der Waals surface area contributed by atoms with Crippen molar-refractivity contribution in [2.75, 3.05) is 13.7 Å². The topological polar surface area (TPSA) is 95.1 Å². The molecule has 1 N–H and O–H groups in total. The third-order valence-corrected chi connectivity index (χ3v) is 5.53. The highest BCUT2D eigenvalue weighted by Gasteiger charge is 2.18. The summed E-state index contributed by atoms with van der Waals surface area (Å²) in [6, 6.07) is 17.6. The second kappa shape index (κ2) is 10.1. The Morgan fingerprint density at radius 3 is 2.78 bits per heavy atom. The van der Waals surface area contributed by atoms with Crippen LogP contribution in [-0.2, 0) is 5.75 Å². The van der Waals surface area contributed by atoms with Gasteiger partial charge in [0.2, 0.25) is 5.89 Å². The van der Waals surface area contributed by atoms with Gasteiger partial charge in [0.25, 0.3) is 5.91 Å². The molecule has 9 heteroatoms. The van der Waals surface area contributed by atoms with Crippen LogP contribution in [0.2, 0.25) is 0 Å². The molecule has 0 aliphatic heterocycles. The maximum absolute atomic E-state index is 12.1. The van der Waals surface area contributed by atoms with E-state index in [0.717, 1.165) is 23.4 Å². The van der Waals surface area contributed by atoms with Gasteiger partial charge in [-0.2, -0.15) is 0 Å². The van der Waals surface area contributed by atoms with Crippen LogP contribution in [0.5, 0.6) is 5.75 Å². The number of carbonyl (C=O) groups excluding carboxylic acids is 1. The fourth-order valence-corrected chi connectivity index (χ4v) is 3.86.